The second-order valence-corrected chi connectivity index (χ2v) is 5.72. The van der Waals surface area contributed by atoms with Gasteiger partial charge in [0.15, 0.2) is 0 Å². The molecule has 2 aromatic rings. The van der Waals surface area contributed by atoms with Gasteiger partial charge in [-0.3, -0.25) is 0 Å². The molecular formula is C14H9BrCl2N2. The quantitative estimate of drug-likeness (QED) is 0.752. The molecule has 0 aliphatic heterocycles. The maximum absolute atomic E-state index is 8.96. The summed E-state index contributed by atoms with van der Waals surface area (Å²) >= 11 is 15.7. The highest BCUT2D eigenvalue weighted by Gasteiger charge is 2.09. The van der Waals surface area contributed by atoms with Crippen LogP contribution in [0, 0.1) is 18.3 Å². The standard InChI is InChI=1S/C14H9BrCl2N2/c1-8-2-3-12(16)14(13(8)17)19-11-5-9(7-18)4-10(15)6-11/h2-6,19H,1H3. The zero-order chi connectivity index (χ0) is 14.0. The number of nitriles is 1. The van der Waals surface area contributed by atoms with Crippen molar-refractivity contribution in [3.63, 3.8) is 0 Å². The predicted octanol–water partition coefficient (Wildman–Crippen LogP) is 5.68. The Hall–Kier alpha value is -1.21. The number of hydrogen-bond donors (Lipinski definition) is 1. The normalized spacial score (nSPS) is 10.1. The van der Waals surface area contributed by atoms with E-state index in [-0.39, 0.29) is 0 Å². The topological polar surface area (TPSA) is 35.8 Å². The fourth-order valence-electron chi connectivity index (χ4n) is 1.64. The Morgan fingerprint density at radius 1 is 1.21 bits per heavy atom. The second-order valence-electron chi connectivity index (χ2n) is 4.02. The van der Waals surface area contributed by atoms with Crippen molar-refractivity contribution in [2.75, 3.05) is 5.32 Å². The number of nitrogens with zero attached hydrogens (tertiary/aromatic N) is 1. The van der Waals surface area contributed by atoms with Crippen LogP contribution >= 0.6 is 39.1 Å². The number of halogens is 3. The Balaban J connectivity index is 2.45. The fraction of sp³-hybridized carbons (Fsp3) is 0.0714. The molecule has 0 saturated carbocycles. The summed E-state index contributed by atoms with van der Waals surface area (Å²) in [4.78, 5) is 0. The van der Waals surface area contributed by atoms with Crippen molar-refractivity contribution in [1.82, 2.24) is 0 Å². The largest absolute Gasteiger partial charge is 0.353 e. The Bertz CT molecular complexity index is 678. The average Bonchev–Trinajstić information content (AvgIpc) is 2.38. The van der Waals surface area contributed by atoms with Gasteiger partial charge in [0.05, 0.1) is 27.4 Å². The van der Waals surface area contributed by atoms with E-state index in [0.29, 0.717) is 21.3 Å². The van der Waals surface area contributed by atoms with E-state index in [4.69, 9.17) is 28.5 Å². The Labute approximate surface area is 130 Å². The molecule has 0 bridgehead atoms. The van der Waals surface area contributed by atoms with Gasteiger partial charge in [-0.15, -0.1) is 0 Å². The van der Waals surface area contributed by atoms with Gasteiger partial charge >= 0.3 is 0 Å². The van der Waals surface area contributed by atoms with Gasteiger partial charge in [0.2, 0.25) is 0 Å². The molecule has 96 valence electrons. The number of rotatable bonds is 2. The van der Waals surface area contributed by atoms with Crippen molar-refractivity contribution in [3.05, 3.63) is 56.0 Å². The third-order valence-corrected chi connectivity index (χ3v) is 3.84. The monoisotopic (exact) mass is 354 g/mol. The number of benzene rings is 2. The van der Waals surface area contributed by atoms with Gasteiger partial charge in [0.25, 0.3) is 0 Å². The summed E-state index contributed by atoms with van der Waals surface area (Å²) in [5.41, 5.74) is 2.88. The number of nitrogens with one attached hydrogen (secondary N) is 1. The van der Waals surface area contributed by atoms with E-state index >= 15 is 0 Å². The molecule has 19 heavy (non-hydrogen) atoms. The fourth-order valence-corrected chi connectivity index (χ4v) is 2.60. The zero-order valence-electron chi connectivity index (χ0n) is 9.97. The molecule has 1 N–H and O–H groups in total. The lowest BCUT2D eigenvalue weighted by Gasteiger charge is -2.12. The molecule has 0 fully saturated rings. The van der Waals surface area contributed by atoms with Gasteiger partial charge in [0, 0.05) is 10.2 Å². The van der Waals surface area contributed by atoms with Gasteiger partial charge in [-0.1, -0.05) is 45.2 Å². The molecular weight excluding hydrogens is 347 g/mol. The van der Waals surface area contributed by atoms with E-state index < -0.39 is 0 Å². The van der Waals surface area contributed by atoms with Crippen LogP contribution in [-0.4, -0.2) is 0 Å². The highest BCUT2D eigenvalue weighted by molar-refractivity contribution is 9.10. The lowest BCUT2D eigenvalue weighted by atomic mass is 10.2. The van der Waals surface area contributed by atoms with Gasteiger partial charge in [0.1, 0.15) is 0 Å². The molecule has 0 heterocycles. The van der Waals surface area contributed by atoms with E-state index in [1.54, 1.807) is 18.2 Å². The van der Waals surface area contributed by atoms with Crippen LogP contribution in [0.25, 0.3) is 0 Å². The smallest absolute Gasteiger partial charge is 0.0992 e. The Morgan fingerprint density at radius 2 is 1.95 bits per heavy atom. The molecule has 0 spiro atoms. The van der Waals surface area contributed by atoms with Gasteiger partial charge < -0.3 is 5.32 Å². The molecule has 0 radical (unpaired) electrons. The molecule has 0 aromatic heterocycles. The van der Waals surface area contributed by atoms with Crippen molar-refractivity contribution >= 4 is 50.5 Å². The van der Waals surface area contributed by atoms with E-state index in [9.17, 15) is 0 Å². The first-order valence-corrected chi connectivity index (χ1v) is 6.98. The summed E-state index contributed by atoms with van der Waals surface area (Å²) in [7, 11) is 0. The molecule has 0 unspecified atom stereocenters. The van der Waals surface area contributed by atoms with Crippen molar-refractivity contribution in [1.29, 1.82) is 5.26 Å². The lowest BCUT2D eigenvalue weighted by Crippen LogP contribution is -1.94. The Morgan fingerprint density at radius 3 is 2.63 bits per heavy atom. The van der Waals surface area contributed by atoms with Crippen molar-refractivity contribution < 1.29 is 0 Å². The van der Waals surface area contributed by atoms with Crippen LogP contribution in [0.5, 0.6) is 0 Å². The van der Waals surface area contributed by atoms with E-state index in [0.717, 1.165) is 15.7 Å². The molecule has 5 heteroatoms. The third-order valence-electron chi connectivity index (χ3n) is 2.58. The molecule has 0 saturated heterocycles. The molecule has 0 aliphatic rings. The molecule has 0 atom stereocenters. The summed E-state index contributed by atoms with van der Waals surface area (Å²) < 4.78 is 0.814. The minimum atomic E-state index is 0.536. The highest BCUT2D eigenvalue weighted by Crippen LogP contribution is 2.35. The maximum Gasteiger partial charge on any atom is 0.0992 e. The predicted molar refractivity (Wildman–Crippen MR) is 83.3 cm³/mol. The summed E-state index contributed by atoms with van der Waals surface area (Å²) in [6.07, 6.45) is 0. The Kier molecular flexibility index (Phi) is 4.36. The van der Waals surface area contributed by atoms with E-state index in [2.05, 4.69) is 27.3 Å². The molecule has 2 nitrogen and oxygen atoms in total. The summed E-state index contributed by atoms with van der Waals surface area (Å²) in [6.45, 7) is 1.91. The van der Waals surface area contributed by atoms with Crippen molar-refractivity contribution in [2.45, 2.75) is 6.92 Å². The zero-order valence-corrected chi connectivity index (χ0v) is 13.1. The van der Waals surface area contributed by atoms with E-state index in [1.165, 1.54) is 0 Å². The molecule has 0 amide bonds. The number of anilines is 2. The summed E-state index contributed by atoms with van der Waals surface area (Å²) in [6, 6.07) is 11.1. The van der Waals surface area contributed by atoms with Crippen LogP contribution in [0.15, 0.2) is 34.8 Å². The lowest BCUT2D eigenvalue weighted by molar-refractivity contribution is 1.43. The maximum atomic E-state index is 8.96. The second kappa shape index (κ2) is 5.83. The molecule has 2 rings (SSSR count). The average molecular weight is 356 g/mol. The van der Waals surface area contributed by atoms with Crippen molar-refractivity contribution in [3.8, 4) is 6.07 Å². The molecule has 2 aromatic carbocycles. The third kappa shape index (κ3) is 3.22. The number of aryl methyl sites for hydroxylation is 1. The first-order valence-electron chi connectivity index (χ1n) is 5.43. The van der Waals surface area contributed by atoms with Gasteiger partial charge in [-0.25, -0.2) is 0 Å². The van der Waals surface area contributed by atoms with Crippen LogP contribution in [0.4, 0.5) is 11.4 Å². The van der Waals surface area contributed by atoms with Gasteiger partial charge in [-0.2, -0.15) is 5.26 Å². The van der Waals surface area contributed by atoms with Crippen molar-refractivity contribution in [2.24, 2.45) is 0 Å². The van der Waals surface area contributed by atoms with E-state index in [1.807, 2.05) is 19.1 Å². The van der Waals surface area contributed by atoms with Crippen LogP contribution in [0.1, 0.15) is 11.1 Å². The summed E-state index contributed by atoms with van der Waals surface area (Å²) in [5.74, 6) is 0. The van der Waals surface area contributed by atoms with Crippen LogP contribution in [-0.2, 0) is 0 Å². The first kappa shape index (κ1) is 14.2. The van der Waals surface area contributed by atoms with Crippen LogP contribution < -0.4 is 5.32 Å². The molecule has 0 aliphatic carbocycles. The highest BCUT2D eigenvalue weighted by atomic mass is 79.9. The van der Waals surface area contributed by atoms with Gasteiger partial charge in [-0.05, 0) is 36.8 Å². The SMILES string of the molecule is Cc1ccc(Cl)c(Nc2cc(Br)cc(C#N)c2)c1Cl. The van der Waals surface area contributed by atoms with Crippen LogP contribution in [0.2, 0.25) is 10.0 Å². The first-order chi connectivity index (χ1) is 9.01. The number of hydrogen-bond acceptors (Lipinski definition) is 2. The summed E-state index contributed by atoms with van der Waals surface area (Å²) in [5, 5.41) is 13.2. The minimum Gasteiger partial charge on any atom is -0.353 e. The minimum absolute atomic E-state index is 0.536. The van der Waals surface area contributed by atoms with Crippen LogP contribution in [0.3, 0.4) is 0 Å².